The van der Waals surface area contributed by atoms with Crippen LogP contribution in [0.3, 0.4) is 0 Å². The molecule has 11 aromatic rings. The Morgan fingerprint density at radius 3 is 1.64 bits per heavy atom. The number of benzene rings is 10. The summed E-state index contributed by atoms with van der Waals surface area (Å²) in [6.07, 6.45) is 0. The standard InChI is InChI=1S/C56H37NO/c1-2-12-38(13-3-1)40-26-30-47(31-27-40)57(48-32-28-41(29-33-48)43-16-10-17-44(34-43)45-25-24-39-14-4-5-15-42(39)35-45)54-22-8-6-19-50(54)49-21-11-18-46-36-56-53(37-52(46)49)51-20-7-9-23-55(51)58-56/h1-37H. The predicted octanol–water partition coefficient (Wildman–Crippen LogP) is 16.0. The monoisotopic (exact) mass is 739 g/mol. The van der Waals surface area contributed by atoms with Crippen molar-refractivity contribution in [2.45, 2.75) is 0 Å². The van der Waals surface area contributed by atoms with Gasteiger partial charge in [-0.05, 0) is 121 Å². The topological polar surface area (TPSA) is 16.4 Å². The quantitative estimate of drug-likeness (QED) is 0.162. The molecule has 272 valence electrons. The highest BCUT2D eigenvalue weighted by Crippen LogP contribution is 2.44. The molecule has 0 aliphatic heterocycles. The zero-order chi connectivity index (χ0) is 38.4. The highest BCUT2D eigenvalue weighted by atomic mass is 16.3. The van der Waals surface area contributed by atoms with Gasteiger partial charge in [0.15, 0.2) is 0 Å². The van der Waals surface area contributed by atoms with Crippen LogP contribution in [-0.4, -0.2) is 0 Å². The van der Waals surface area contributed by atoms with Crippen molar-refractivity contribution in [1.29, 1.82) is 0 Å². The third-order valence-corrected chi connectivity index (χ3v) is 11.4. The van der Waals surface area contributed by atoms with E-state index in [2.05, 4.69) is 217 Å². The van der Waals surface area contributed by atoms with Gasteiger partial charge in [-0.1, -0.05) is 164 Å². The summed E-state index contributed by atoms with van der Waals surface area (Å²) in [6, 6.07) is 80.8. The fourth-order valence-corrected chi connectivity index (χ4v) is 8.54. The van der Waals surface area contributed by atoms with Crippen LogP contribution in [0.1, 0.15) is 0 Å². The van der Waals surface area contributed by atoms with E-state index in [0.29, 0.717) is 0 Å². The Kier molecular flexibility index (Phi) is 8.19. The Morgan fingerprint density at radius 2 is 0.828 bits per heavy atom. The van der Waals surface area contributed by atoms with E-state index in [4.69, 9.17) is 4.42 Å². The number of hydrogen-bond acceptors (Lipinski definition) is 2. The second-order valence-corrected chi connectivity index (χ2v) is 14.9. The summed E-state index contributed by atoms with van der Waals surface area (Å²) in [6.45, 7) is 0. The Labute approximate surface area is 337 Å². The van der Waals surface area contributed by atoms with Crippen LogP contribution >= 0.6 is 0 Å². The summed E-state index contributed by atoms with van der Waals surface area (Å²) in [4.78, 5) is 2.39. The third-order valence-electron chi connectivity index (χ3n) is 11.4. The number of hydrogen-bond donors (Lipinski definition) is 0. The van der Waals surface area contributed by atoms with E-state index in [0.717, 1.165) is 50.0 Å². The fraction of sp³-hybridized carbons (Fsp3) is 0. The first-order valence-electron chi connectivity index (χ1n) is 19.8. The van der Waals surface area contributed by atoms with E-state index < -0.39 is 0 Å². The van der Waals surface area contributed by atoms with Gasteiger partial charge in [0.25, 0.3) is 0 Å². The van der Waals surface area contributed by atoms with Crippen LogP contribution in [0.5, 0.6) is 0 Å². The lowest BCUT2D eigenvalue weighted by Crippen LogP contribution is -2.11. The maximum atomic E-state index is 6.30. The SMILES string of the molecule is c1ccc(-c2ccc(N(c3ccc(-c4cccc(-c5ccc6ccccc6c5)c4)cc3)c3ccccc3-c3cccc4cc5oc6ccccc6c5cc34)cc2)cc1. The zero-order valence-electron chi connectivity index (χ0n) is 31.7. The number of furan rings is 1. The van der Waals surface area contributed by atoms with E-state index in [-0.39, 0.29) is 0 Å². The Balaban J connectivity index is 1.03. The summed E-state index contributed by atoms with van der Waals surface area (Å²) in [7, 11) is 0. The molecule has 0 aliphatic carbocycles. The van der Waals surface area contributed by atoms with E-state index in [9.17, 15) is 0 Å². The van der Waals surface area contributed by atoms with Gasteiger partial charge in [-0.25, -0.2) is 0 Å². The molecule has 0 aliphatic rings. The van der Waals surface area contributed by atoms with Crippen molar-refractivity contribution < 1.29 is 4.42 Å². The van der Waals surface area contributed by atoms with E-state index in [1.165, 1.54) is 55.1 Å². The molecule has 2 heteroatoms. The van der Waals surface area contributed by atoms with Crippen LogP contribution in [0, 0.1) is 0 Å². The molecule has 0 bridgehead atoms. The molecule has 1 heterocycles. The minimum atomic E-state index is 0.905. The van der Waals surface area contributed by atoms with Crippen LogP contribution in [0.15, 0.2) is 229 Å². The molecule has 0 spiro atoms. The van der Waals surface area contributed by atoms with Crippen molar-refractivity contribution in [2.24, 2.45) is 0 Å². The van der Waals surface area contributed by atoms with Crippen molar-refractivity contribution in [3.8, 4) is 44.5 Å². The lowest BCUT2D eigenvalue weighted by molar-refractivity contribution is 0.669. The van der Waals surface area contributed by atoms with Crippen molar-refractivity contribution in [3.05, 3.63) is 224 Å². The van der Waals surface area contributed by atoms with Gasteiger partial charge < -0.3 is 9.32 Å². The predicted molar refractivity (Wildman–Crippen MR) is 245 cm³/mol. The molecule has 11 rings (SSSR count). The zero-order valence-corrected chi connectivity index (χ0v) is 31.7. The maximum Gasteiger partial charge on any atom is 0.136 e. The number of nitrogens with zero attached hydrogens (tertiary/aromatic N) is 1. The van der Waals surface area contributed by atoms with Gasteiger partial charge in [-0.2, -0.15) is 0 Å². The Hall–Kier alpha value is -7.68. The van der Waals surface area contributed by atoms with Crippen molar-refractivity contribution in [2.75, 3.05) is 4.90 Å². The van der Waals surface area contributed by atoms with E-state index in [1.54, 1.807) is 0 Å². The molecule has 0 atom stereocenters. The molecule has 0 fully saturated rings. The summed E-state index contributed by atoms with van der Waals surface area (Å²) in [5, 5.41) is 7.09. The molecule has 0 amide bonds. The third kappa shape index (κ3) is 6.00. The minimum Gasteiger partial charge on any atom is -0.456 e. The molecule has 58 heavy (non-hydrogen) atoms. The van der Waals surface area contributed by atoms with Crippen LogP contribution in [0.4, 0.5) is 17.1 Å². The summed E-state index contributed by atoms with van der Waals surface area (Å²) >= 11 is 0. The van der Waals surface area contributed by atoms with Gasteiger partial charge >= 0.3 is 0 Å². The van der Waals surface area contributed by atoms with Gasteiger partial charge in [0.2, 0.25) is 0 Å². The first kappa shape index (κ1) is 33.6. The van der Waals surface area contributed by atoms with Crippen LogP contribution in [0.2, 0.25) is 0 Å². The summed E-state index contributed by atoms with van der Waals surface area (Å²) < 4.78 is 6.30. The van der Waals surface area contributed by atoms with Crippen molar-refractivity contribution >= 4 is 60.5 Å². The largest absolute Gasteiger partial charge is 0.456 e. The molecular weight excluding hydrogens is 703 g/mol. The average molecular weight is 740 g/mol. The highest BCUT2D eigenvalue weighted by Gasteiger charge is 2.20. The van der Waals surface area contributed by atoms with Gasteiger partial charge in [-0.3, -0.25) is 0 Å². The molecule has 2 nitrogen and oxygen atoms in total. The normalized spacial score (nSPS) is 11.4. The van der Waals surface area contributed by atoms with Crippen molar-refractivity contribution in [1.82, 2.24) is 0 Å². The van der Waals surface area contributed by atoms with Gasteiger partial charge in [0, 0.05) is 27.7 Å². The Morgan fingerprint density at radius 1 is 0.276 bits per heavy atom. The molecule has 10 aromatic carbocycles. The number of fused-ring (bicyclic) bond motifs is 5. The van der Waals surface area contributed by atoms with Crippen molar-refractivity contribution in [3.63, 3.8) is 0 Å². The summed E-state index contributed by atoms with van der Waals surface area (Å²) in [5.74, 6) is 0. The molecule has 1 aromatic heterocycles. The van der Waals surface area contributed by atoms with Gasteiger partial charge in [0.05, 0.1) is 5.69 Å². The number of rotatable bonds is 7. The van der Waals surface area contributed by atoms with Gasteiger partial charge in [0.1, 0.15) is 11.2 Å². The first-order valence-corrected chi connectivity index (χ1v) is 19.8. The van der Waals surface area contributed by atoms with Crippen LogP contribution < -0.4 is 4.90 Å². The highest BCUT2D eigenvalue weighted by molar-refractivity contribution is 6.13. The maximum absolute atomic E-state index is 6.30. The van der Waals surface area contributed by atoms with Gasteiger partial charge in [-0.15, -0.1) is 0 Å². The molecule has 0 unspecified atom stereocenters. The smallest absolute Gasteiger partial charge is 0.136 e. The van der Waals surface area contributed by atoms with E-state index in [1.807, 2.05) is 12.1 Å². The molecule has 0 saturated heterocycles. The lowest BCUT2D eigenvalue weighted by Gasteiger charge is -2.28. The molecule has 0 N–H and O–H groups in total. The number of para-hydroxylation sites is 2. The fourth-order valence-electron chi connectivity index (χ4n) is 8.54. The lowest BCUT2D eigenvalue weighted by atomic mass is 9.94. The van der Waals surface area contributed by atoms with Crippen LogP contribution in [0.25, 0.3) is 88.0 Å². The van der Waals surface area contributed by atoms with E-state index >= 15 is 0 Å². The second-order valence-electron chi connectivity index (χ2n) is 14.9. The molecule has 0 radical (unpaired) electrons. The Bertz CT molecular complexity index is 3270. The second kappa shape index (κ2) is 14.1. The molecule has 0 saturated carbocycles. The number of anilines is 3. The minimum absolute atomic E-state index is 0.905. The molecular formula is C56H37NO. The average Bonchev–Trinajstić information content (AvgIpc) is 3.66. The summed E-state index contributed by atoms with van der Waals surface area (Å²) in [5.41, 5.74) is 14.6. The first-order chi connectivity index (χ1) is 28.7. The van der Waals surface area contributed by atoms with Crippen LogP contribution in [-0.2, 0) is 0 Å².